The normalized spacial score (nSPS) is 8.33. The predicted octanol–water partition coefficient (Wildman–Crippen LogP) is 10.4. The summed E-state index contributed by atoms with van der Waals surface area (Å²) in [5.41, 5.74) is 6.81. The summed E-state index contributed by atoms with van der Waals surface area (Å²) in [7, 11) is 0. The van der Waals surface area contributed by atoms with Gasteiger partial charge in [-0.15, -0.1) is 0 Å². The van der Waals surface area contributed by atoms with E-state index in [0.29, 0.717) is 17.0 Å². The van der Waals surface area contributed by atoms with E-state index in [1.807, 2.05) is 77.9 Å². The molecule has 0 aliphatic carbocycles. The van der Waals surface area contributed by atoms with Crippen LogP contribution in [0.3, 0.4) is 0 Å². The third-order valence-electron chi connectivity index (χ3n) is 3.49. The number of aliphatic hydroxyl groups is 1. The molecule has 1 aromatic heterocycles. The van der Waals surface area contributed by atoms with E-state index in [1.165, 1.54) is 19.5 Å². The predicted molar refractivity (Wildman–Crippen MR) is 182 cm³/mol. The molecule has 3 aromatic rings. The Bertz CT molecular complexity index is 1070. The fourth-order valence-corrected chi connectivity index (χ4v) is 2.13. The maximum absolute atomic E-state index is 11.4. The Morgan fingerprint density at radius 2 is 1.36 bits per heavy atom. The van der Waals surface area contributed by atoms with Gasteiger partial charge >= 0.3 is 0 Å². The highest BCUT2D eigenvalue weighted by Crippen LogP contribution is 2.09. The first kappa shape index (κ1) is 50.7. The lowest BCUT2D eigenvalue weighted by Gasteiger charge is -2.03. The van der Waals surface area contributed by atoms with Gasteiger partial charge in [0.25, 0.3) is 11.1 Å². The topological polar surface area (TPSA) is 142 Å². The first-order valence-electron chi connectivity index (χ1n) is 13.3. The molecule has 0 spiro atoms. The minimum absolute atomic E-state index is 0. The highest BCUT2D eigenvalue weighted by molar-refractivity contribution is 6.67. The molecular weight excluding hydrogens is 552 g/mol. The van der Waals surface area contributed by atoms with Gasteiger partial charge < -0.3 is 20.7 Å². The first-order valence-corrected chi connectivity index (χ1v) is 13.6. The van der Waals surface area contributed by atoms with Gasteiger partial charge in [0.15, 0.2) is 5.57 Å². The Balaban J connectivity index is -0.000000104. The van der Waals surface area contributed by atoms with Crippen molar-refractivity contribution < 1.29 is 19.2 Å². The van der Waals surface area contributed by atoms with Crippen LogP contribution in [-0.2, 0) is 4.79 Å². The molecule has 0 saturated heterocycles. The van der Waals surface area contributed by atoms with Gasteiger partial charge in [0.05, 0.1) is 11.8 Å². The number of nitrogen functional groups attached to an aromatic ring is 1. The van der Waals surface area contributed by atoms with Gasteiger partial charge in [-0.05, 0) is 49.7 Å². The van der Waals surface area contributed by atoms with Crippen molar-refractivity contribution in [3.8, 4) is 6.07 Å². The number of nitrogens with two attached hydrogens (primary N) is 1. The number of rotatable bonds is 3. The van der Waals surface area contributed by atoms with Gasteiger partial charge in [0, 0.05) is 11.4 Å². The van der Waals surface area contributed by atoms with Gasteiger partial charge in [-0.2, -0.15) is 5.26 Å². The van der Waals surface area contributed by atoms with Crippen molar-refractivity contribution in [2.45, 2.75) is 90.5 Å². The molecule has 0 aliphatic rings. The fraction of sp³-hybridized carbons (Fsp3) is 0.394. The minimum Gasteiger partial charge on any atom is -0.511 e. The number of anilines is 2. The number of nitrogens with one attached hydrogen (secondary N) is 1. The first-order chi connectivity index (χ1) is 19.2. The van der Waals surface area contributed by atoms with E-state index in [1.54, 1.807) is 37.3 Å². The molecule has 9 heteroatoms. The molecule has 0 unspecified atom stereocenters. The zero-order valence-electron chi connectivity index (χ0n) is 25.6. The quantitative estimate of drug-likeness (QED) is 0.0884. The number of carbonyl (C=O) groups is 2. The van der Waals surface area contributed by atoms with Crippen LogP contribution in [0.15, 0.2) is 82.7 Å². The molecule has 42 heavy (non-hydrogen) atoms. The summed E-state index contributed by atoms with van der Waals surface area (Å²) in [5.74, 6) is -0.440. The van der Waals surface area contributed by atoms with E-state index in [-0.39, 0.29) is 26.2 Å². The molecular formula is C33H55ClN4O4. The number of nitrogens with zero attached hydrogens (tertiary/aromatic N) is 2. The van der Waals surface area contributed by atoms with Gasteiger partial charge in [-0.3, -0.25) is 9.59 Å². The van der Waals surface area contributed by atoms with Crippen molar-refractivity contribution in [3.05, 3.63) is 89.5 Å². The van der Waals surface area contributed by atoms with Gasteiger partial charge in [-0.25, -0.2) is 0 Å². The number of aromatic nitrogens is 1. The minimum atomic E-state index is -0.608. The van der Waals surface area contributed by atoms with Gasteiger partial charge in [0.1, 0.15) is 17.6 Å². The number of amides is 1. The van der Waals surface area contributed by atoms with Crippen LogP contribution in [0.25, 0.3) is 0 Å². The fourth-order valence-electron chi connectivity index (χ4n) is 1.95. The Morgan fingerprint density at radius 3 is 1.60 bits per heavy atom. The molecule has 1 heterocycles. The number of aliphatic hydroxyl groups excluding tert-OH is 1. The van der Waals surface area contributed by atoms with Crippen molar-refractivity contribution in [2.75, 3.05) is 11.1 Å². The standard InChI is InChI=1S/C11H10N2O2.C6H7N.C5H4ClNO2.C3H8.3C2H6.2CH4/c1-8(14)10(7-12)11(15)13-9-5-3-2-4-6-9;7-6-4-2-1-3-5-6;1-3-4(5(6)8)2-7-9-3;1-3-2;3*1-2;;/h2-6,14H,1H3,(H,13,15);1-5H,7H2;2H,1H3;3H2,1-2H3;3*1-2H3;2*1H4/b10-8-;;;;;;;;. The van der Waals surface area contributed by atoms with Crippen molar-refractivity contribution in [1.82, 2.24) is 5.16 Å². The average molecular weight is 607 g/mol. The van der Waals surface area contributed by atoms with E-state index in [4.69, 9.17) is 27.7 Å². The molecule has 4 N–H and O–H groups in total. The van der Waals surface area contributed by atoms with Crippen molar-refractivity contribution in [1.29, 1.82) is 5.26 Å². The summed E-state index contributed by atoms with van der Waals surface area (Å²) in [6.45, 7) is 19.2. The number of benzene rings is 2. The summed E-state index contributed by atoms with van der Waals surface area (Å²) in [6.07, 6.45) is 2.55. The lowest BCUT2D eigenvalue weighted by atomic mass is 10.2. The van der Waals surface area contributed by atoms with Crippen LogP contribution >= 0.6 is 11.6 Å². The zero-order valence-corrected chi connectivity index (χ0v) is 26.3. The SMILES string of the molecule is C.C.C/C(O)=C(\C#N)C(=O)Nc1ccccc1.CC.CC.CC.CCC.Cc1oncc1C(=O)Cl.Nc1ccccc1. The number of halogens is 1. The van der Waals surface area contributed by atoms with E-state index in [2.05, 4.69) is 28.8 Å². The van der Waals surface area contributed by atoms with E-state index >= 15 is 0 Å². The van der Waals surface area contributed by atoms with Crippen LogP contribution in [0.5, 0.6) is 0 Å². The molecule has 3 rings (SSSR count). The number of para-hydroxylation sites is 2. The van der Waals surface area contributed by atoms with Crippen LogP contribution in [0.1, 0.15) is 99.7 Å². The van der Waals surface area contributed by atoms with Crippen LogP contribution < -0.4 is 11.1 Å². The molecule has 0 fully saturated rings. The number of hydrogen-bond donors (Lipinski definition) is 3. The molecule has 0 saturated carbocycles. The summed E-state index contributed by atoms with van der Waals surface area (Å²) < 4.78 is 4.57. The van der Waals surface area contributed by atoms with Crippen LogP contribution in [0.2, 0.25) is 0 Å². The summed E-state index contributed by atoms with van der Waals surface area (Å²) in [6, 6.07) is 19.8. The molecule has 0 bridgehead atoms. The second kappa shape index (κ2) is 36.9. The Morgan fingerprint density at radius 1 is 0.952 bits per heavy atom. The van der Waals surface area contributed by atoms with Crippen molar-refractivity contribution in [2.24, 2.45) is 0 Å². The van der Waals surface area contributed by atoms with Crippen LogP contribution in [0, 0.1) is 18.3 Å². The summed E-state index contributed by atoms with van der Waals surface area (Å²) >= 11 is 5.11. The van der Waals surface area contributed by atoms with E-state index in [9.17, 15) is 9.59 Å². The Labute approximate surface area is 260 Å². The smallest absolute Gasteiger partial charge is 0.269 e. The van der Waals surface area contributed by atoms with E-state index < -0.39 is 11.1 Å². The molecule has 238 valence electrons. The van der Waals surface area contributed by atoms with Crippen molar-refractivity contribution in [3.63, 3.8) is 0 Å². The van der Waals surface area contributed by atoms with Crippen LogP contribution in [-0.4, -0.2) is 21.4 Å². The van der Waals surface area contributed by atoms with Gasteiger partial charge in [-0.1, -0.05) is 118 Å². The number of aryl methyl sites for hydroxylation is 1. The highest BCUT2D eigenvalue weighted by atomic mass is 35.5. The highest BCUT2D eigenvalue weighted by Gasteiger charge is 2.12. The Hall–Kier alpha value is -4.09. The number of allylic oxidation sites excluding steroid dienone is 1. The number of hydrogen-bond acceptors (Lipinski definition) is 7. The maximum atomic E-state index is 11.4. The van der Waals surface area contributed by atoms with Crippen molar-refractivity contribution >= 4 is 34.1 Å². The monoisotopic (exact) mass is 606 g/mol. The summed E-state index contributed by atoms with van der Waals surface area (Å²) in [5, 5.41) is 23.0. The molecule has 0 radical (unpaired) electrons. The zero-order chi connectivity index (χ0) is 31.9. The average Bonchev–Trinajstić information content (AvgIpc) is 3.41. The number of carbonyl (C=O) groups excluding carboxylic acids is 2. The Kier molecular flexibility index (Phi) is 44.6. The van der Waals surface area contributed by atoms with Gasteiger partial charge in [0.2, 0.25) is 0 Å². The third kappa shape index (κ3) is 27.5. The molecule has 8 nitrogen and oxygen atoms in total. The second-order valence-electron chi connectivity index (χ2n) is 6.58. The third-order valence-corrected chi connectivity index (χ3v) is 3.70. The molecule has 1 amide bonds. The lowest BCUT2D eigenvalue weighted by Crippen LogP contribution is -2.14. The van der Waals surface area contributed by atoms with Crippen LogP contribution in [0.4, 0.5) is 11.4 Å². The summed E-state index contributed by atoms with van der Waals surface area (Å²) in [4.78, 5) is 21.8. The maximum Gasteiger partial charge on any atom is 0.269 e. The molecule has 0 atom stereocenters. The number of nitriles is 1. The largest absolute Gasteiger partial charge is 0.511 e. The second-order valence-corrected chi connectivity index (χ2v) is 6.92. The lowest BCUT2D eigenvalue weighted by molar-refractivity contribution is -0.112. The molecule has 0 aliphatic heterocycles. The van der Waals surface area contributed by atoms with E-state index in [0.717, 1.165) is 5.69 Å². The molecule has 2 aromatic carbocycles.